The van der Waals surface area contributed by atoms with E-state index < -0.39 is 4.92 Å². The molecule has 0 unspecified atom stereocenters. The van der Waals surface area contributed by atoms with Crippen molar-refractivity contribution < 1.29 is 4.92 Å². The number of rotatable bonds is 3. The van der Waals surface area contributed by atoms with Gasteiger partial charge in [0.15, 0.2) is 5.52 Å². The second-order valence-corrected chi connectivity index (χ2v) is 4.55. The van der Waals surface area contributed by atoms with Crippen molar-refractivity contribution in [2.24, 2.45) is 0 Å². The topological polar surface area (TPSA) is 73.0 Å². The van der Waals surface area contributed by atoms with E-state index in [2.05, 4.69) is 10.5 Å². The molecule has 0 aliphatic rings. The van der Waals surface area contributed by atoms with Crippen LogP contribution in [0.5, 0.6) is 0 Å². The largest absolute Gasteiger partial charge is 0.315 e. The van der Waals surface area contributed by atoms with Gasteiger partial charge >= 0.3 is 5.69 Å². The normalized spacial score (nSPS) is 10.7. The van der Waals surface area contributed by atoms with Crippen LogP contribution in [0.1, 0.15) is 0 Å². The second-order valence-electron chi connectivity index (χ2n) is 4.14. The third-order valence-corrected chi connectivity index (χ3v) is 3.11. The Morgan fingerprint density at radius 2 is 1.95 bits per heavy atom. The zero-order chi connectivity index (χ0) is 14.1. The number of nitrogens with zero attached hydrogens (tertiary/aromatic N) is 3. The van der Waals surface area contributed by atoms with E-state index in [1.807, 2.05) is 30.3 Å². The summed E-state index contributed by atoms with van der Waals surface area (Å²) < 4.78 is 0. The molecule has 2 aromatic carbocycles. The van der Waals surface area contributed by atoms with Crippen LogP contribution in [0.4, 0.5) is 11.4 Å². The summed E-state index contributed by atoms with van der Waals surface area (Å²) in [6, 6.07) is 12.6. The number of anilines is 1. The molecule has 1 N–H and O–H groups in total. The van der Waals surface area contributed by atoms with Gasteiger partial charge in [0, 0.05) is 5.39 Å². The molecule has 3 rings (SSSR count). The third-order valence-electron chi connectivity index (χ3n) is 2.80. The molecular weight excluding hydrogens is 280 g/mol. The molecule has 1 heterocycles. The Hall–Kier alpha value is -2.60. The van der Waals surface area contributed by atoms with E-state index in [0.29, 0.717) is 5.39 Å². The molecule has 0 atom stereocenters. The van der Waals surface area contributed by atoms with Crippen molar-refractivity contribution in [1.29, 1.82) is 0 Å². The maximum Gasteiger partial charge on any atom is 0.315 e. The molecule has 0 spiro atoms. The fourth-order valence-electron chi connectivity index (χ4n) is 1.92. The SMILES string of the molecule is O=[N+]([O-])c1c(Cl)ccc2cn(Nc3ccccc3)nc12. The van der Waals surface area contributed by atoms with E-state index >= 15 is 0 Å². The first-order valence-corrected chi connectivity index (χ1v) is 6.17. The lowest BCUT2D eigenvalue weighted by Gasteiger charge is -2.04. The molecule has 20 heavy (non-hydrogen) atoms. The quantitative estimate of drug-likeness (QED) is 0.591. The molecular formula is C13H9ClN4O2. The van der Waals surface area contributed by atoms with Gasteiger partial charge in [0.1, 0.15) is 5.02 Å². The highest BCUT2D eigenvalue weighted by atomic mass is 35.5. The molecule has 6 nitrogen and oxygen atoms in total. The van der Waals surface area contributed by atoms with Crippen LogP contribution < -0.4 is 5.43 Å². The summed E-state index contributed by atoms with van der Waals surface area (Å²) in [6.07, 6.45) is 1.67. The zero-order valence-corrected chi connectivity index (χ0v) is 10.9. The maximum absolute atomic E-state index is 11.1. The Morgan fingerprint density at radius 1 is 1.20 bits per heavy atom. The predicted octanol–water partition coefficient (Wildman–Crippen LogP) is 3.47. The third kappa shape index (κ3) is 2.17. The van der Waals surface area contributed by atoms with Gasteiger partial charge in [-0.3, -0.25) is 15.5 Å². The standard InChI is InChI=1S/C13H9ClN4O2/c14-11-7-6-9-8-17(15-10-4-2-1-3-5-10)16-12(9)13(11)18(19)20/h1-8,15H. The Kier molecular flexibility index (Phi) is 3.00. The molecule has 0 aliphatic carbocycles. The minimum absolute atomic E-state index is 0.0764. The highest BCUT2D eigenvalue weighted by Gasteiger charge is 2.20. The van der Waals surface area contributed by atoms with E-state index in [1.165, 1.54) is 10.9 Å². The molecule has 7 heteroatoms. The van der Waals surface area contributed by atoms with E-state index in [1.54, 1.807) is 12.3 Å². The van der Waals surface area contributed by atoms with Crippen molar-refractivity contribution in [2.75, 3.05) is 5.43 Å². The van der Waals surface area contributed by atoms with E-state index in [4.69, 9.17) is 11.6 Å². The van der Waals surface area contributed by atoms with E-state index in [-0.39, 0.29) is 16.2 Å². The molecule has 0 fully saturated rings. The minimum atomic E-state index is -0.523. The van der Waals surface area contributed by atoms with Crippen LogP contribution in [0.3, 0.4) is 0 Å². The van der Waals surface area contributed by atoms with Gasteiger partial charge in [-0.1, -0.05) is 29.8 Å². The summed E-state index contributed by atoms with van der Waals surface area (Å²) in [5, 5.41) is 15.9. The summed E-state index contributed by atoms with van der Waals surface area (Å²) in [7, 11) is 0. The number of fused-ring (bicyclic) bond motifs is 1. The lowest BCUT2D eigenvalue weighted by Crippen LogP contribution is -2.08. The number of aromatic nitrogens is 2. The van der Waals surface area contributed by atoms with Crippen molar-refractivity contribution in [1.82, 2.24) is 9.89 Å². The number of benzene rings is 2. The molecule has 0 saturated carbocycles. The van der Waals surface area contributed by atoms with Gasteiger partial charge in [0.05, 0.1) is 16.8 Å². The average Bonchev–Trinajstić information content (AvgIpc) is 2.81. The van der Waals surface area contributed by atoms with Crippen LogP contribution in [0.15, 0.2) is 48.7 Å². The molecule has 0 amide bonds. The molecule has 0 saturated heterocycles. The van der Waals surface area contributed by atoms with Crippen molar-refractivity contribution in [2.45, 2.75) is 0 Å². The van der Waals surface area contributed by atoms with Gasteiger partial charge in [-0.2, -0.15) is 4.79 Å². The Morgan fingerprint density at radius 3 is 2.65 bits per heavy atom. The summed E-state index contributed by atoms with van der Waals surface area (Å²) in [6.45, 7) is 0. The number of hydrogen-bond donors (Lipinski definition) is 1. The number of nitrogens with one attached hydrogen (secondary N) is 1. The molecule has 0 aliphatic heterocycles. The van der Waals surface area contributed by atoms with Crippen LogP contribution in [-0.4, -0.2) is 14.8 Å². The van der Waals surface area contributed by atoms with Gasteiger partial charge in [-0.25, -0.2) is 0 Å². The number of hydrogen-bond acceptors (Lipinski definition) is 4. The van der Waals surface area contributed by atoms with Crippen molar-refractivity contribution in [3.05, 3.63) is 63.8 Å². The highest BCUT2D eigenvalue weighted by molar-refractivity contribution is 6.34. The zero-order valence-electron chi connectivity index (χ0n) is 10.2. The molecule has 1 aromatic heterocycles. The second kappa shape index (κ2) is 4.82. The highest BCUT2D eigenvalue weighted by Crippen LogP contribution is 2.31. The summed E-state index contributed by atoms with van der Waals surface area (Å²) >= 11 is 5.86. The molecule has 3 aromatic rings. The van der Waals surface area contributed by atoms with Gasteiger partial charge in [-0.05, 0) is 24.3 Å². The average molecular weight is 289 g/mol. The van der Waals surface area contributed by atoms with Crippen LogP contribution in [-0.2, 0) is 0 Å². The smallest absolute Gasteiger partial charge is 0.278 e. The van der Waals surface area contributed by atoms with Crippen molar-refractivity contribution >= 4 is 33.9 Å². The Bertz CT molecular complexity index is 786. The number of nitro groups is 1. The van der Waals surface area contributed by atoms with Gasteiger partial charge < -0.3 is 0 Å². The lowest BCUT2D eigenvalue weighted by molar-refractivity contribution is -0.383. The fourth-order valence-corrected chi connectivity index (χ4v) is 2.15. The number of para-hydroxylation sites is 1. The summed E-state index contributed by atoms with van der Waals surface area (Å²) in [5.74, 6) is 0. The van der Waals surface area contributed by atoms with Crippen LogP contribution in [0.2, 0.25) is 5.02 Å². The first-order chi connectivity index (χ1) is 9.65. The number of nitro benzene ring substituents is 1. The van der Waals surface area contributed by atoms with Gasteiger partial charge in [-0.15, -0.1) is 5.10 Å². The molecule has 0 radical (unpaired) electrons. The summed E-state index contributed by atoms with van der Waals surface area (Å²) in [5.41, 5.74) is 3.92. The number of halogens is 1. The predicted molar refractivity (Wildman–Crippen MR) is 76.9 cm³/mol. The summed E-state index contributed by atoms with van der Waals surface area (Å²) in [4.78, 5) is 12.0. The minimum Gasteiger partial charge on any atom is -0.278 e. The van der Waals surface area contributed by atoms with Crippen LogP contribution in [0, 0.1) is 10.1 Å². The monoisotopic (exact) mass is 288 g/mol. The van der Waals surface area contributed by atoms with E-state index in [0.717, 1.165) is 5.69 Å². The molecule has 100 valence electrons. The van der Waals surface area contributed by atoms with Crippen LogP contribution >= 0.6 is 11.6 Å². The van der Waals surface area contributed by atoms with Crippen molar-refractivity contribution in [3.63, 3.8) is 0 Å². The Labute approximate surface area is 118 Å². The Balaban J connectivity index is 2.07. The lowest BCUT2D eigenvalue weighted by atomic mass is 10.2. The van der Waals surface area contributed by atoms with Crippen molar-refractivity contribution in [3.8, 4) is 0 Å². The van der Waals surface area contributed by atoms with Crippen LogP contribution in [0.25, 0.3) is 10.9 Å². The first kappa shape index (κ1) is 12.4. The maximum atomic E-state index is 11.1. The fraction of sp³-hybridized carbons (Fsp3) is 0. The van der Waals surface area contributed by atoms with E-state index in [9.17, 15) is 10.1 Å². The molecule has 0 bridgehead atoms. The van der Waals surface area contributed by atoms with Gasteiger partial charge in [0.25, 0.3) is 0 Å². The first-order valence-electron chi connectivity index (χ1n) is 5.79. The van der Waals surface area contributed by atoms with Gasteiger partial charge in [0.2, 0.25) is 0 Å².